The number of aliphatic carboxylic acids is 1. The average Bonchev–Trinajstić information content (AvgIpc) is 2.23. The second-order valence-electron chi connectivity index (χ2n) is 4.34. The molecular weight excluding hydrogens is 222 g/mol. The molecule has 0 aliphatic rings. The maximum atomic E-state index is 11.6. The third kappa shape index (κ3) is 7.74. The Bertz CT molecular complexity index is 243. The molecule has 0 fully saturated rings. The Kier molecular flexibility index (Phi) is 8.40. The molecule has 0 aliphatic carbocycles. The summed E-state index contributed by atoms with van der Waals surface area (Å²) >= 11 is 0. The van der Waals surface area contributed by atoms with Crippen molar-refractivity contribution >= 4 is 11.9 Å². The number of hydrogen-bond acceptors (Lipinski definition) is 3. The number of nitrogens with one attached hydrogen (secondary N) is 1. The van der Waals surface area contributed by atoms with E-state index in [0.29, 0.717) is 19.4 Å². The lowest BCUT2D eigenvalue weighted by Gasteiger charge is -2.16. The van der Waals surface area contributed by atoms with E-state index >= 15 is 0 Å². The molecule has 0 rings (SSSR count). The summed E-state index contributed by atoms with van der Waals surface area (Å²) in [5, 5.41) is 11.4. The molecule has 5 nitrogen and oxygen atoms in total. The molecular formula is C12H23NO4. The molecule has 0 spiro atoms. The van der Waals surface area contributed by atoms with Gasteiger partial charge in [0, 0.05) is 26.6 Å². The van der Waals surface area contributed by atoms with Crippen LogP contribution in [0.2, 0.25) is 0 Å². The smallest absolute Gasteiger partial charge is 0.326 e. The van der Waals surface area contributed by atoms with Gasteiger partial charge in [-0.15, -0.1) is 0 Å². The number of hydrogen-bond donors (Lipinski definition) is 2. The molecule has 0 radical (unpaired) electrons. The highest BCUT2D eigenvalue weighted by atomic mass is 16.5. The molecule has 100 valence electrons. The van der Waals surface area contributed by atoms with E-state index < -0.39 is 12.0 Å². The molecule has 1 amide bonds. The first-order valence-corrected chi connectivity index (χ1v) is 6.02. The fourth-order valence-electron chi connectivity index (χ4n) is 1.66. The normalized spacial score (nSPS) is 14.1. The number of methoxy groups -OCH3 is 1. The zero-order chi connectivity index (χ0) is 13.3. The van der Waals surface area contributed by atoms with Crippen molar-refractivity contribution in [2.45, 2.75) is 45.6 Å². The van der Waals surface area contributed by atoms with Crippen LogP contribution in [0.15, 0.2) is 0 Å². The molecule has 0 bridgehead atoms. The minimum Gasteiger partial charge on any atom is -0.480 e. The molecule has 2 atom stereocenters. The van der Waals surface area contributed by atoms with Crippen molar-refractivity contribution in [3.63, 3.8) is 0 Å². The van der Waals surface area contributed by atoms with Gasteiger partial charge < -0.3 is 15.2 Å². The van der Waals surface area contributed by atoms with Crippen molar-refractivity contribution in [2.24, 2.45) is 5.92 Å². The molecule has 2 unspecified atom stereocenters. The first-order chi connectivity index (χ1) is 8.01. The van der Waals surface area contributed by atoms with E-state index in [1.165, 1.54) is 7.11 Å². The molecule has 2 N–H and O–H groups in total. The number of carboxylic acids is 1. The van der Waals surface area contributed by atoms with Crippen LogP contribution in [0.1, 0.15) is 39.5 Å². The van der Waals surface area contributed by atoms with Gasteiger partial charge in [-0.05, 0) is 5.92 Å². The third-order valence-corrected chi connectivity index (χ3v) is 2.56. The summed E-state index contributed by atoms with van der Waals surface area (Å²) in [6.07, 6.45) is 2.67. The zero-order valence-corrected chi connectivity index (χ0v) is 10.9. The van der Waals surface area contributed by atoms with Crippen LogP contribution in [0.3, 0.4) is 0 Å². The van der Waals surface area contributed by atoms with E-state index in [0.717, 1.165) is 12.8 Å². The lowest BCUT2D eigenvalue weighted by molar-refractivity contribution is -0.142. The second kappa shape index (κ2) is 8.98. The van der Waals surface area contributed by atoms with Crippen LogP contribution < -0.4 is 5.32 Å². The summed E-state index contributed by atoms with van der Waals surface area (Å²) in [6, 6.07) is -0.851. The first-order valence-electron chi connectivity index (χ1n) is 6.02. The Morgan fingerprint density at radius 3 is 2.47 bits per heavy atom. The van der Waals surface area contributed by atoms with Crippen LogP contribution in [0.5, 0.6) is 0 Å². The predicted molar refractivity (Wildman–Crippen MR) is 64.7 cm³/mol. The van der Waals surface area contributed by atoms with Gasteiger partial charge >= 0.3 is 5.97 Å². The quantitative estimate of drug-likeness (QED) is 0.644. The first kappa shape index (κ1) is 15.9. The minimum absolute atomic E-state index is 0.200. The Morgan fingerprint density at radius 1 is 1.35 bits per heavy atom. The van der Waals surface area contributed by atoms with Gasteiger partial charge in [0.15, 0.2) is 0 Å². The van der Waals surface area contributed by atoms with Crippen molar-refractivity contribution in [3.8, 4) is 0 Å². The van der Waals surface area contributed by atoms with E-state index in [1.54, 1.807) is 0 Å². The van der Waals surface area contributed by atoms with E-state index in [-0.39, 0.29) is 11.8 Å². The van der Waals surface area contributed by atoms with Crippen LogP contribution >= 0.6 is 0 Å². The van der Waals surface area contributed by atoms with Crippen molar-refractivity contribution in [1.29, 1.82) is 0 Å². The Balaban J connectivity index is 4.07. The summed E-state index contributed by atoms with van der Waals surface area (Å²) < 4.78 is 4.81. The topological polar surface area (TPSA) is 75.6 Å². The molecule has 0 aromatic heterocycles. The molecule has 0 aliphatic heterocycles. The lowest BCUT2D eigenvalue weighted by Crippen LogP contribution is -2.41. The largest absolute Gasteiger partial charge is 0.480 e. The van der Waals surface area contributed by atoms with Crippen molar-refractivity contribution in [2.75, 3.05) is 13.7 Å². The fourth-order valence-corrected chi connectivity index (χ4v) is 1.66. The van der Waals surface area contributed by atoms with Gasteiger partial charge in [-0.25, -0.2) is 4.79 Å². The highest BCUT2D eigenvalue weighted by Gasteiger charge is 2.20. The number of rotatable bonds is 9. The molecule has 0 saturated heterocycles. The van der Waals surface area contributed by atoms with E-state index in [1.807, 2.05) is 6.92 Å². The Morgan fingerprint density at radius 2 is 2.00 bits per heavy atom. The van der Waals surface area contributed by atoms with Gasteiger partial charge in [-0.2, -0.15) is 0 Å². The van der Waals surface area contributed by atoms with E-state index in [4.69, 9.17) is 9.84 Å². The van der Waals surface area contributed by atoms with Crippen LogP contribution in [-0.4, -0.2) is 36.7 Å². The van der Waals surface area contributed by atoms with Crippen molar-refractivity contribution in [3.05, 3.63) is 0 Å². The molecule has 0 heterocycles. The Hall–Kier alpha value is -1.10. The summed E-state index contributed by atoms with van der Waals surface area (Å²) in [7, 11) is 1.50. The zero-order valence-electron chi connectivity index (χ0n) is 10.9. The summed E-state index contributed by atoms with van der Waals surface area (Å²) in [4.78, 5) is 22.5. The minimum atomic E-state index is -1.02. The maximum Gasteiger partial charge on any atom is 0.326 e. The highest BCUT2D eigenvalue weighted by Crippen LogP contribution is 2.09. The summed E-state index contributed by atoms with van der Waals surface area (Å²) in [5.74, 6) is -0.926. The fraction of sp³-hybridized carbons (Fsp3) is 0.833. The maximum absolute atomic E-state index is 11.6. The van der Waals surface area contributed by atoms with Gasteiger partial charge in [0.2, 0.25) is 5.91 Å². The number of carbonyl (C=O) groups is 2. The van der Waals surface area contributed by atoms with Crippen molar-refractivity contribution < 1.29 is 19.4 Å². The molecule has 17 heavy (non-hydrogen) atoms. The van der Waals surface area contributed by atoms with E-state index in [2.05, 4.69) is 12.2 Å². The van der Waals surface area contributed by atoms with Gasteiger partial charge in [0.05, 0.1) is 0 Å². The lowest BCUT2D eigenvalue weighted by atomic mass is 10.0. The highest BCUT2D eigenvalue weighted by molar-refractivity contribution is 5.83. The SMILES string of the molecule is CCCC(C)CC(=O)NC(CCOC)C(=O)O. The standard InChI is InChI=1S/C12H23NO4/c1-4-5-9(2)8-11(14)13-10(12(15)16)6-7-17-3/h9-10H,4-8H2,1-3H3,(H,13,14)(H,15,16). The van der Waals surface area contributed by atoms with Crippen LogP contribution in [-0.2, 0) is 14.3 Å². The Labute approximate surface area is 103 Å². The number of carboxylic acid groups (broad SMARTS) is 1. The monoisotopic (exact) mass is 245 g/mol. The summed E-state index contributed by atoms with van der Waals surface area (Å²) in [6.45, 7) is 4.38. The van der Waals surface area contributed by atoms with Gasteiger partial charge in [-0.1, -0.05) is 26.7 Å². The molecule has 5 heteroatoms. The predicted octanol–water partition coefficient (Wildman–Crippen LogP) is 1.42. The van der Waals surface area contributed by atoms with Crippen molar-refractivity contribution in [1.82, 2.24) is 5.32 Å². The summed E-state index contributed by atoms with van der Waals surface area (Å²) in [5.41, 5.74) is 0. The van der Waals surface area contributed by atoms with Crippen LogP contribution in [0.25, 0.3) is 0 Å². The van der Waals surface area contributed by atoms with Crippen LogP contribution in [0.4, 0.5) is 0 Å². The third-order valence-electron chi connectivity index (χ3n) is 2.56. The number of amides is 1. The van der Waals surface area contributed by atoms with Gasteiger partial charge in [0.25, 0.3) is 0 Å². The number of ether oxygens (including phenoxy) is 1. The van der Waals surface area contributed by atoms with Crippen LogP contribution in [0, 0.1) is 5.92 Å². The van der Waals surface area contributed by atoms with Gasteiger partial charge in [0.1, 0.15) is 6.04 Å². The second-order valence-corrected chi connectivity index (χ2v) is 4.34. The average molecular weight is 245 g/mol. The van der Waals surface area contributed by atoms with E-state index in [9.17, 15) is 9.59 Å². The van der Waals surface area contributed by atoms with Gasteiger partial charge in [-0.3, -0.25) is 4.79 Å². The molecule has 0 aromatic carbocycles. The number of carbonyl (C=O) groups excluding carboxylic acids is 1. The molecule has 0 aromatic rings. The molecule has 0 saturated carbocycles.